The van der Waals surface area contributed by atoms with Crippen LogP contribution in [0.5, 0.6) is 5.75 Å². The maximum Gasteiger partial charge on any atom is 0.303 e. The highest BCUT2D eigenvalue weighted by molar-refractivity contribution is 7.59. The molecule has 1 saturated heterocycles. The van der Waals surface area contributed by atoms with Crippen LogP contribution in [-0.2, 0) is 9.53 Å². The van der Waals surface area contributed by atoms with Crippen LogP contribution in [0.2, 0.25) is 0 Å². The smallest absolute Gasteiger partial charge is 0.303 e. The quantitative estimate of drug-likeness (QED) is 0.736. The summed E-state index contributed by atoms with van der Waals surface area (Å²) in [5.41, 5.74) is 1.49. The van der Waals surface area contributed by atoms with Crippen molar-refractivity contribution < 1.29 is 19.4 Å². The van der Waals surface area contributed by atoms with Crippen molar-refractivity contribution in [1.82, 2.24) is 4.98 Å². The van der Waals surface area contributed by atoms with E-state index in [9.17, 15) is 4.79 Å². The largest absolute Gasteiger partial charge is 0.492 e. The molecule has 2 aliphatic rings. The molecule has 2 heterocycles. The first kappa shape index (κ1) is 22.8. The molecule has 6 nitrogen and oxygen atoms in total. The summed E-state index contributed by atoms with van der Waals surface area (Å²) in [6.07, 6.45) is 9.24. The average molecular weight is 411 g/mol. The third-order valence-corrected chi connectivity index (χ3v) is 5.83. The number of anilines is 1. The van der Waals surface area contributed by atoms with Gasteiger partial charge >= 0.3 is 5.97 Å². The predicted molar refractivity (Wildman–Crippen MR) is 115 cm³/mol. The van der Waals surface area contributed by atoms with Crippen LogP contribution in [0.1, 0.15) is 52.4 Å². The van der Waals surface area contributed by atoms with Gasteiger partial charge in [-0.05, 0) is 43.4 Å². The van der Waals surface area contributed by atoms with Crippen LogP contribution in [0.4, 0.5) is 5.69 Å². The zero-order valence-corrected chi connectivity index (χ0v) is 18.0. The molecule has 158 valence electrons. The van der Waals surface area contributed by atoms with E-state index in [1.54, 1.807) is 6.20 Å². The lowest BCUT2D eigenvalue weighted by Gasteiger charge is -2.35. The van der Waals surface area contributed by atoms with Gasteiger partial charge in [-0.15, -0.1) is 0 Å². The normalized spacial score (nSPS) is 22.4. The minimum absolute atomic E-state index is 0. The van der Waals surface area contributed by atoms with Gasteiger partial charge in [0.15, 0.2) is 0 Å². The van der Waals surface area contributed by atoms with E-state index in [0.717, 1.165) is 24.6 Å². The third-order valence-electron chi connectivity index (χ3n) is 5.83. The van der Waals surface area contributed by atoms with E-state index >= 15 is 0 Å². The second kappa shape index (κ2) is 10.3. The molecule has 0 radical (unpaired) electrons. The van der Waals surface area contributed by atoms with Crippen LogP contribution < -0.4 is 9.64 Å². The molecule has 1 atom stereocenters. The number of morpholine rings is 1. The Morgan fingerprint density at radius 3 is 2.82 bits per heavy atom. The third kappa shape index (κ3) is 6.85. The van der Waals surface area contributed by atoms with E-state index in [2.05, 4.69) is 23.7 Å². The van der Waals surface area contributed by atoms with Gasteiger partial charge in [0.2, 0.25) is 0 Å². The number of nitrogens with zero attached hydrogens (tertiary/aromatic N) is 2. The highest BCUT2D eigenvalue weighted by atomic mass is 32.1. The topological polar surface area (TPSA) is 71.9 Å². The van der Waals surface area contributed by atoms with Crippen LogP contribution in [0, 0.1) is 11.3 Å². The molecule has 3 rings (SSSR count). The lowest BCUT2D eigenvalue weighted by atomic mass is 9.73. The molecule has 2 fully saturated rings. The van der Waals surface area contributed by atoms with E-state index in [1.807, 2.05) is 12.3 Å². The lowest BCUT2D eigenvalue weighted by molar-refractivity contribution is -0.137. The average Bonchev–Trinajstić information content (AvgIpc) is 2.66. The van der Waals surface area contributed by atoms with E-state index in [-0.39, 0.29) is 26.0 Å². The van der Waals surface area contributed by atoms with Crippen LogP contribution in [0.15, 0.2) is 18.5 Å². The van der Waals surface area contributed by atoms with Crippen LogP contribution >= 0.6 is 13.5 Å². The van der Waals surface area contributed by atoms with E-state index in [1.165, 1.54) is 25.7 Å². The van der Waals surface area contributed by atoms with Gasteiger partial charge in [0, 0.05) is 25.6 Å². The monoisotopic (exact) mass is 410 g/mol. The second-order valence-corrected chi connectivity index (χ2v) is 8.67. The van der Waals surface area contributed by atoms with Crippen LogP contribution in [-0.4, -0.2) is 48.5 Å². The summed E-state index contributed by atoms with van der Waals surface area (Å²) in [4.78, 5) is 17.3. The minimum Gasteiger partial charge on any atom is -0.492 e. The molecule has 0 aromatic carbocycles. The summed E-state index contributed by atoms with van der Waals surface area (Å²) in [7, 11) is 0. The molecule has 1 aromatic rings. The van der Waals surface area contributed by atoms with Crippen LogP contribution in [0.3, 0.4) is 0 Å². The van der Waals surface area contributed by atoms with Crippen molar-refractivity contribution in [3.63, 3.8) is 0 Å². The molecule has 7 heteroatoms. The molecule has 1 saturated carbocycles. The highest BCUT2D eigenvalue weighted by Gasteiger charge is 2.27. The molecular formula is C21H34N2O4S. The lowest BCUT2D eigenvalue weighted by Crippen LogP contribution is -2.42. The summed E-state index contributed by atoms with van der Waals surface area (Å²) in [5.74, 6) is 0.662. The van der Waals surface area contributed by atoms with Gasteiger partial charge < -0.3 is 19.5 Å². The number of pyridine rings is 1. The van der Waals surface area contributed by atoms with E-state index in [4.69, 9.17) is 14.6 Å². The number of carboxylic acids is 1. The molecule has 1 N–H and O–H groups in total. The van der Waals surface area contributed by atoms with Crippen molar-refractivity contribution >= 4 is 25.2 Å². The van der Waals surface area contributed by atoms with E-state index < -0.39 is 5.97 Å². The maximum absolute atomic E-state index is 10.8. The first-order valence-electron chi connectivity index (χ1n) is 10.1. The predicted octanol–water partition coefficient (Wildman–Crippen LogP) is 3.86. The molecular weight excluding hydrogens is 376 g/mol. The Morgan fingerprint density at radius 1 is 1.36 bits per heavy atom. The van der Waals surface area contributed by atoms with Gasteiger partial charge in [-0.1, -0.05) is 13.8 Å². The Bertz CT molecular complexity index is 631. The molecule has 1 aliphatic heterocycles. The molecule has 0 bridgehead atoms. The first-order chi connectivity index (χ1) is 12.9. The number of rotatable bonds is 7. The fraction of sp³-hybridized carbons (Fsp3) is 0.714. The fourth-order valence-electron chi connectivity index (χ4n) is 3.91. The van der Waals surface area contributed by atoms with Crippen molar-refractivity contribution in [3.05, 3.63) is 18.5 Å². The Labute approximate surface area is 175 Å². The summed E-state index contributed by atoms with van der Waals surface area (Å²) in [6, 6.07) is 2.04. The molecule has 0 amide bonds. The van der Waals surface area contributed by atoms with Gasteiger partial charge in [0.1, 0.15) is 5.75 Å². The Morgan fingerprint density at radius 2 is 2.11 bits per heavy atom. The number of aromatic nitrogens is 1. The molecule has 0 spiro atoms. The van der Waals surface area contributed by atoms with Gasteiger partial charge in [0.25, 0.3) is 0 Å². The minimum atomic E-state index is -0.779. The second-order valence-electron chi connectivity index (χ2n) is 8.67. The Hall–Kier alpha value is -1.47. The zero-order valence-electron chi connectivity index (χ0n) is 17.0. The van der Waals surface area contributed by atoms with Gasteiger partial charge in [-0.25, -0.2) is 0 Å². The summed E-state index contributed by atoms with van der Waals surface area (Å²) in [5, 5.41) is 8.86. The summed E-state index contributed by atoms with van der Waals surface area (Å²) >= 11 is 0. The summed E-state index contributed by atoms with van der Waals surface area (Å²) in [6.45, 7) is 7.54. The summed E-state index contributed by atoms with van der Waals surface area (Å²) < 4.78 is 11.8. The number of carboxylic acid groups (broad SMARTS) is 1. The van der Waals surface area contributed by atoms with Crippen molar-refractivity contribution in [2.45, 2.75) is 58.5 Å². The van der Waals surface area contributed by atoms with Gasteiger partial charge in [-0.3, -0.25) is 9.78 Å². The highest BCUT2D eigenvalue weighted by Crippen LogP contribution is 2.38. The molecule has 1 aromatic heterocycles. The van der Waals surface area contributed by atoms with Gasteiger partial charge in [-0.2, -0.15) is 13.5 Å². The number of hydrogen-bond donors (Lipinski definition) is 1. The van der Waals surface area contributed by atoms with E-state index in [0.29, 0.717) is 30.9 Å². The number of ether oxygens (including phenoxy) is 2. The van der Waals surface area contributed by atoms with Crippen molar-refractivity contribution in [3.8, 4) is 5.75 Å². The molecule has 0 unspecified atom stereocenters. The van der Waals surface area contributed by atoms with Gasteiger partial charge in [0.05, 0.1) is 37.4 Å². The Kier molecular flexibility index (Phi) is 8.43. The Balaban J connectivity index is 0.00000280. The van der Waals surface area contributed by atoms with Crippen LogP contribution in [0.25, 0.3) is 0 Å². The van der Waals surface area contributed by atoms with Crippen molar-refractivity contribution in [2.24, 2.45) is 11.3 Å². The van der Waals surface area contributed by atoms with Crippen molar-refractivity contribution in [2.75, 3.05) is 31.2 Å². The SMILES string of the molecule is CC1(C)CCC(COc2cncc(N3CCO[C@@H](CCC(=O)O)C3)c2)CC1.S. The molecule has 28 heavy (non-hydrogen) atoms. The maximum atomic E-state index is 10.8. The van der Waals surface area contributed by atoms with Crippen molar-refractivity contribution in [1.29, 1.82) is 0 Å². The number of hydrogen-bond acceptors (Lipinski definition) is 5. The number of carbonyl (C=O) groups is 1. The first-order valence-corrected chi connectivity index (χ1v) is 10.1. The number of aliphatic carboxylic acids is 1. The fourth-order valence-corrected chi connectivity index (χ4v) is 3.91. The zero-order chi connectivity index (χ0) is 19.3. The molecule has 1 aliphatic carbocycles. The standard InChI is InChI=1S/C21H32N2O4.H2S/c1-21(2)7-5-16(6-8-21)15-27-19-11-17(12-22-13-19)23-9-10-26-18(14-23)3-4-20(24)25;/h11-13,16,18H,3-10,14-15H2,1-2H3,(H,24,25);1H2/t18-;/m0./s1.